The van der Waals surface area contributed by atoms with E-state index in [1.807, 2.05) is 18.2 Å². The first kappa shape index (κ1) is 26.5. The quantitative estimate of drug-likeness (QED) is 0.416. The molecule has 0 spiro atoms. The molecule has 41 heavy (non-hydrogen) atoms. The van der Waals surface area contributed by atoms with Gasteiger partial charge >= 0.3 is 5.97 Å². The molecule has 1 N–H and O–H groups in total. The highest BCUT2D eigenvalue weighted by Gasteiger charge is 2.62. The molecule has 4 heterocycles. The summed E-state index contributed by atoms with van der Waals surface area (Å²) in [5.41, 5.74) is 6.53. The summed E-state index contributed by atoms with van der Waals surface area (Å²) in [4.78, 5) is 21.6. The van der Waals surface area contributed by atoms with E-state index < -0.39 is 11.4 Å². The van der Waals surface area contributed by atoms with Crippen molar-refractivity contribution in [2.45, 2.75) is 58.2 Å². The number of anilines is 1. The molecule has 0 bridgehead atoms. The summed E-state index contributed by atoms with van der Waals surface area (Å²) in [6.45, 7) is 7.99. The van der Waals surface area contributed by atoms with Crippen LogP contribution in [0, 0.1) is 18.3 Å². The second kappa shape index (κ2) is 10.8. The lowest BCUT2D eigenvalue weighted by molar-refractivity contribution is -0.144. The zero-order valence-corrected chi connectivity index (χ0v) is 23.8. The van der Waals surface area contributed by atoms with Gasteiger partial charge in [0.2, 0.25) is 0 Å². The zero-order chi connectivity index (χ0) is 28.0. The van der Waals surface area contributed by atoms with E-state index in [9.17, 15) is 9.90 Å². The molecule has 2 aromatic carbocycles. The van der Waals surface area contributed by atoms with Gasteiger partial charge in [0.15, 0.2) is 0 Å². The van der Waals surface area contributed by atoms with Crippen LogP contribution < -0.4 is 9.64 Å². The van der Waals surface area contributed by atoms with Crippen molar-refractivity contribution < 1.29 is 19.4 Å². The first-order valence-corrected chi connectivity index (χ1v) is 15.1. The number of rotatable bonds is 7. The highest BCUT2D eigenvalue weighted by Crippen LogP contribution is 2.58. The van der Waals surface area contributed by atoms with Crippen LogP contribution in [0.3, 0.4) is 0 Å². The van der Waals surface area contributed by atoms with Crippen LogP contribution >= 0.6 is 0 Å². The van der Waals surface area contributed by atoms with Crippen LogP contribution in [0.5, 0.6) is 5.75 Å². The molecule has 3 aliphatic heterocycles. The van der Waals surface area contributed by atoms with Crippen LogP contribution in [-0.2, 0) is 29.1 Å². The van der Waals surface area contributed by atoms with Crippen molar-refractivity contribution in [1.82, 2.24) is 9.88 Å². The van der Waals surface area contributed by atoms with Gasteiger partial charge in [-0.25, -0.2) is 4.98 Å². The molecule has 3 aromatic rings. The molecular formula is C34H39N3O4. The topological polar surface area (TPSA) is 75.1 Å². The number of pyridine rings is 1. The SMILES string of the molecule is Cc1cccc(-c2cccc(N3CCC4(C(=O)O)CC4C3)n2)c1OCc1ccc2c(c1)CCN(C1CCOCC1)C2. The van der Waals surface area contributed by atoms with Gasteiger partial charge in [-0.2, -0.15) is 0 Å². The number of hydrogen-bond donors (Lipinski definition) is 1. The van der Waals surface area contributed by atoms with E-state index in [0.29, 0.717) is 19.1 Å². The summed E-state index contributed by atoms with van der Waals surface area (Å²) in [7, 11) is 0. The molecule has 0 radical (unpaired) electrons. The Hall–Kier alpha value is -3.42. The Morgan fingerprint density at radius 2 is 1.95 bits per heavy atom. The summed E-state index contributed by atoms with van der Waals surface area (Å²) in [6, 6.07) is 19.8. The molecule has 7 nitrogen and oxygen atoms in total. The Morgan fingerprint density at radius 1 is 1.10 bits per heavy atom. The van der Waals surface area contributed by atoms with Crippen molar-refractivity contribution in [3.8, 4) is 17.0 Å². The number of carbonyl (C=O) groups is 1. The minimum absolute atomic E-state index is 0.221. The maximum atomic E-state index is 11.7. The second-order valence-electron chi connectivity index (χ2n) is 12.3. The Morgan fingerprint density at radius 3 is 2.78 bits per heavy atom. The molecule has 7 rings (SSSR count). The van der Waals surface area contributed by atoms with Crippen LogP contribution in [-0.4, -0.2) is 59.8 Å². The molecule has 2 unspecified atom stereocenters. The number of aliphatic carboxylic acids is 1. The number of carboxylic acid groups (broad SMARTS) is 1. The van der Waals surface area contributed by atoms with Gasteiger partial charge < -0.3 is 19.5 Å². The van der Waals surface area contributed by atoms with E-state index >= 15 is 0 Å². The van der Waals surface area contributed by atoms with Gasteiger partial charge in [-0.05, 0) is 85.4 Å². The number of para-hydroxylation sites is 1. The minimum Gasteiger partial charge on any atom is -0.488 e. The van der Waals surface area contributed by atoms with E-state index in [2.05, 4.69) is 53.1 Å². The molecule has 214 valence electrons. The normalized spacial score (nSPS) is 24.4. The third kappa shape index (κ3) is 5.10. The van der Waals surface area contributed by atoms with E-state index in [0.717, 1.165) is 93.5 Å². The van der Waals surface area contributed by atoms with Crippen LogP contribution in [0.15, 0.2) is 54.6 Å². The average Bonchev–Trinajstić information content (AvgIpc) is 3.76. The largest absolute Gasteiger partial charge is 0.488 e. The van der Waals surface area contributed by atoms with Gasteiger partial charge in [-0.3, -0.25) is 9.69 Å². The van der Waals surface area contributed by atoms with Gasteiger partial charge in [0.05, 0.1) is 11.1 Å². The first-order valence-electron chi connectivity index (χ1n) is 15.1. The summed E-state index contributed by atoms with van der Waals surface area (Å²) < 4.78 is 12.1. The van der Waals surface area contributed by atoms with Crippen molar-refractivity contribution >= 4 is 11.8 Å². The number of piperidine rings is 1. The van der Waals surface area contributed by atoms with Crippen molar-refractivity contribution in [1.29, 1.82) is 0 Å². The van der Waals surface area contributed by atoms with E-state index in [4.69, 9.17) is 14.5 Å². The minimum atomic E-state index is -0.638. The van der Waals surface area contributed by atoms with Gasteiger partial charge in [-0.15, -0.1) is 0 Å². The number of aromatic nitrogens is 1. The summed E-state index contributed by atoms with van der Waals surface area (Å²) >= 11 is 0. The Bertz CT molecular complexity index is 1450. The number of hydrogen-bond acceptors (Lipinski definition) is 6. The predicted molar refractivity (Wildman–Crippen MR) is 158 cm³/mol. The monoisotopic (exact) mass is 553 g/mol. The smallest absolute Gasteiger partial charge is 0.310 e. The van der Waals surface area contributed by atoms with Crippen LogP contribution in [0.1, 0.15) is 47.9 Å². The number of ether oxygens (including phenoxy) is 2. The maximum Gasteiger partial charge on any atom is 0.310 e. The van der Waals surface area contributed by atoms with Gasteiger partial charge in [0, 0.05) is 51.0 Å². The lowest BCUT2D eigenvalue weighted by Crippen LogP contribution is -2.42. The fourth-order valence-electron chi connectivity index (χ4n) is 7.23. The first-order chi connectivity index (χ1) is 20.0. The Balaban J connectivity index is 1.05. The second-order valence-corrected chi connectivity index (χ2v) is 12.3. The van der Waals surface area contributed by atoms with Gasteiger partial charge in [0.1, 0.15) is 18.2 Å². The molecule has 0 amide bonds. The summed E-state index contributed by atoms with van der Waals surface area (Å²) in [6.07, 6.45) is 4.83. The number of benzene rings is 2. The standard InChI is InChI=1S/C34H39N3O4/c1-23-4-2-5-29(30-6-3-7-31(35-30)37-15-13-34(33(38)39)19-27(34)21-37)32(23)41-22-24-8-9-26-20-36(14-10-25(26)18-24)28-11-16-40-17-12-28/h2-9,18,27-28H,10-17,19-22H2,1H3,(H,38,39). The van der Waals surface area contributed by atoms with Crippen LogP contribution in [0.25, 0.3) is 11.3 Å². The van der Waals surface area contributed by atoms with Crippen LogP contribution in [0.2, 0.25) is 0 Å². The third-order valence-electron chi connectivity index (χ3n) is 9.88. The molecule has 1 saturated carbocycles. The Kier molecular flexibility index (Phi) is 6.95. The number of fused-ring (bicyclic) bond motifs is 2. The Labute approximate surface area is 242 Å². The van der Waals surface area contributed by atoms with Crippen molar-refractivity contribution in [3.63, 3.8) is 0 Å². The number of carboxylic acids is 1. The third-order valence-corrected chi connectivity index (χ3v) is 9.88. The van der Waals surface area contributed by atoms with E-state index in [1.165, 1.54) is 16.7 Å². The molecular weight excluding hydrogens is 514 g/mol. The number of aryl methyl sites for hydroxylation is 1. The van der Waals surface area contributed by atoms with Gasteiger partial charge in [-0.1, -0.05) is 36.4 Å². The van der Waals surface area contributed by atoms with Gasteiger partial charge in [0.25, 0.3) is 0 Å². The fraction of sp³-hybridized carbons (Fsp3) is 0.471. The summed E-state index contributed by atoms with van der Waals surface area (Å²) in [5, 5.41) is 9.64. The zero-order valence-electron chi connectivity index (χ0n) is 23.8. The lowest BCUT2D eigenvalue weighted by atomic mass is 9.95. The highest BCUT2D eigenvalue weighted by atomic mass is 16.5. The van der Waals surface area contributed by atoms with E-state index in [1.54, 1.807) is 0 Å². The predicted octanol–water partition coefficient (Wildman–Crippen LogP) is 5.47. The van der Waals surface area contributed by atoms with Crippen molar-refractivity contribution in [2.75, 3.05) is 37.7 Å². The molecule has 1 aromatic heterocycles. The average molecular weight is 554 g/mol. The van der Waals surface area contributed by atoms with Crippen molar-refractivity contribution in [2.24, 2.45) is 11.3 Å². The highest BCUT2D eigenvalue weighted by molar-refractivity contribution is 5.79. The summed E-state index contributed by atoms with van der Waals surface area (Å²) in [5.74, 6) is 1.36. The molecule has 1 aliphatic carbocycles. The molecule has 3 fully saturated rings. The molecule has 2 atom stereocenters. The molecule has 4 aliphatic rings. The molecule has 2 saturated heterocycles. The van der Waals surface area contributed by atoms with Crippen molar-refractivity contribution in [3.05, 3.63) is 76.9 Å². The lowest BCUT2D eigenvalue weighted by Gasteiger charge is -2.37. The van der Waals surface area contributed by atoms with E-state index in [-0.39, 0.29) is 5.92 Å². The fourth-order valence-corrected chi connectivity index (χ4v) is 7.23. The molecule has 7 heteroatoms. The maximum absolute atomic E-state index is 11.7. The van der Waals surface area contributed by atoms with Crippen LogP contribution in [0.4, 0.5) is 5.82 Å². The number of nitrogens with zero attached hydrogens (tertiary/aromatic N) is 3.